The number of hydrogen-bond acceptors (Lipinski definition) is 6. The lowest BCUT2D eigenvalue weighted by molar-refractivity contribution is -0.124. The number of carbonyl (C=O) groups is 1. The highest BCUT2D eigenvalue weighted by atomic mass is 19.1. The molecule has 1 unspecified atom stereocenters. The minimum Gasteiger partial charge on any atom is -0.461 e. The maximum atomic E-state index is 13.9. The lowest BCUT2D eigenvalue weighted by Gasteiger charge is -2.28. The molecule has 1 saturated heterocycles. The Morgan fingerprint density at radius 3 is 2.95 bits per heavy atom. The normalized spacial score (nSPS) is 20.4. The second kappa shape index (κ2) is 14.1. The number of para-hydroxylation sites is 1. The second-order valence-corrected chi connectivity index (χ2v) is 9.45. The van der Waals surface area contributed by atoms with E-state index in [4.69, 9.17) is 14.7 Å². The van der Waals surface area contributed by atoms with Crippen molar-refractivity contribution in [1.82, 2.24) is 10.2 Å². The van der Waals surface area contributed by atoms with Crippen LogP contribution in [0.3, 0.4) is 0 Å². The Kier molecular flexibility index (Phi) is 10.0. The summed E-state index contributed by atoms with van der Waals surface area (Å²) in [5.41, 5.74) is 4.44. The second-order valence-electron chi connectivity index (χ2n) is 9.45. The van der Waals surface area contributed by atoms with E-state index < -0.39 is 5.82 Å². The summed E-state index contributed by atoms with van der Waals surface area (Å²) in [6.45, 7) is 1.88. The van der Waals surface area contributed by atoms with Gasteiger partial charge in [-0.25, -0.2) is 4.39 Å². The third-order valence-electron chi connectivity index (χ3n) is 6.63. The summed E-state index contributed by atoms with van der Waals surface area (Å²) >= 11 is 0. The summed E-state index contributed by atoms with van der Waals surface area (Å²) in [4.78, 5) is 18.5. The number of aliphatic imine (C=N–C) groups is 1. The predicted molar refractivity (Wildman–Crippen MR) is 149 cm³/mol. The lowest BCUT2D eigenvalue weighted by Crippen LogP contribution is -2.35. The molecule has 1 fully saturated rings. The Hall–Kier alpha value is -4.22. The summed E-state index contributed by atoms with van der Waals surface area (Å²) in [6.07, 6.45) is 21.1. The molecular formula is C31H33FN4O3. The SMILES string of the molecule is CN=C/C=C(\NC1CCCCO1)C1=CC=C(CN2CC(/C=C\C=C\Oc3c(F)cccc3C#N)=CC2=O)CC1. The number of hydrogen-bond donors (Lipinski definition) is 1. The van der Waals surface area contributed by atoms with E-state index in [2.05, 4.69) is 22.5 Å². The molecule has 1 aliphatic carbocycles. The van der Waals surface area contributed by atoms with Crippen molar-refractivity contribution in [2.75, 3.05) is 26.7 Å². The average Bonchev–Trinajstić information content (AvgIpc) is 3.30. The fourth-order valence-corrected chi connectivity index (χ4v) is 4.58. The van der Waals surface area contributed by atoms with Gasteiger partial charge in [0, 0.05) is 44.7 Å². The van der Waals surface area contributed by atoms with Crippen LogP contribution in [0.25, 0.3) is 0 Å². The van der Waals surface area contributed by atoms with Crippen LogP contribution in [0.4, 0.5) is 4.39 Å². The van der Waals surface area contributed by atoms with Gasteiger partial charge in [-0.3, -0.25) is 9.79 Å². The molecule has 7 nitrogen and oxygen atoms in total. The monoisotopic (exact) mass is 528 g/mol. The largest absolute Gasteiger partial charge is 0.461 e. The molecule has 1 amide bonds. The third kappa shape index (κ3) is 7.88. The van der Waals surface area contributed by atoms with Gasteiger partial charge < -0.3 is 19.7 Å². The molecule has 0 spiro atoms. The van der Waals surface area contributed by atoms with E-state index in [1.165, 1.54) is 35.6 Å². The Balaban J connectivity index is 1.30. The molecule has 3 aliphatic rings. The van der Waals surface area contributed by atoms with Crippen LogP contribution in [0.1, 0.15) is 37.7 Å². The Morgan fingerprint density at radius 2 is 2.21 bits per heavy atom. The molecule has 1 atom stereocenters. The van der Waals surface area contributed by atoms with E-state index in [1.807, 2.05) is 23.1 Å². The molecule has 1 aromatic carbocycles. The lowest BCUT2D eigenvalue weighted by atomic mass is 9.95. The number of amides is 1. The van der Waals surface area contributed by atoms with Gasteiger partial charge in [0.1, 0.15) is 12.3 Å². The maximum Gasteiger partial charge on any atom is 0.247 e. The summed E-state index contributed by atoms with van der Waals surface area (Å²) in [6, 6.07) is 6.09. The number of ether oxygens (including phenoxy) is 2. The van der Waals surface area contributed by atoms with Crippen LogP contribution >= 0.6 is 0 Å². The van der Waals surface area contributed by atoms with Gasteiger partial charge in [-0.15, -0.1) is 0 Å². The Morgan fingerprint density at radius 1 is 1.31 bits per heavy atom. The number of nitrogens with one attached hydrogen (secondary N) is 1. The zero-order valence-electron chi connectivity index (χ0n) is 22.1. The molecule has 4 rings (SSSR count). The zero-order valence-corrected chi connectivity index (χ0v) is 22.1. The van der Waals surface area contributed by atoms with Crippen molar-refractivity contribution in [3.63, 3.8) is 0 Å². The van der Waals surface area contributed by atoms with Crippen LogP contribution in [0.2, 0.25) is 0 Å². The molecule has 2 heterocycles. The molecule has 0 aromatic heterocycles. The number of benzene rings is 1. The molecule has 1 N–H and O–H groups in total. The predicted octanol–water partition coefficient (Wildman–Crippen LogP) is 5.26. The molecule has 39 heavy (non-hydrogen) atoms. The maximum absolute atomic E-state index is 13.9. The molecular weight excluding hydrogens is 495 g/mol. The van der Waals surface area contributed by atoms with Crippen LogP contribution in [-0.4, -0.2) is 50.0 Å². The summed E-state index contributed by atoms with van der Waals surface area (Å²) in [5.74, 6) is -0.729. The molecule has 202 valence electrons. The first-order valence-electron chi connectivity index (χ1n) is 13.1. The standard InChI is InChI=1S/C31H33FN4O3/c1-34-16-15-28(35-29-10-3-5-17-38-29)25-13-11-23(12-14-25)21-36-22-24(19-30(36)37)7-2-4-18-39-31-26(20-33)8-6-9-27(31)32/h2,4,6-9,11,13,15-16,18-19,29,35H,3,5,10,12,14,17,21-22H2,1H3/b7-2-,18-4+,28-15-,34-16?. The van der Waals surface area contributed by atoms with E-state index >= 15 is 0 Å². The first-order valence-corrected chi connectivity index (χ1v) is 13.1. The minimum atomic E-state index is -0.599. The van der Waals surface area contributed by atoms with Crippen molar-refractivity contribution in [2.45, 2.75) is 38.3 Å². The van der Waals surface area contributed by atoms with Crippen molar-refractivity contribution < 1.29 is 18.7 Å². The van der Waals surface area contributed by atoms with Gasteiger partial charge in [-0.2, -0.15) is 5.26 Å². The number of rotatable bonds is 10. The number of carbonyl (C=O) groups excluding carboxylic acids is 1. The van der Waals surface area contributed by atoms with Gasteiger partial charge in [0.2, 0.25) is 5.91 Å². The summed E-state index contributed by atoms with van der Waals surface area (Å²) < 4.78 is 25.0. The average molecular weight is 529 g/mol. The topological polar surface area (TPSA) is 86.9 Å². The Bertz CT molecular complexity index is 1310. The van der Waals surface area contributed by atoms with Crippen LogP contribution in [0.15, 0.2) is 94.4 Å². The number of nitrogens with zero attached hydrogens (tertiary/aromatic N) is 3. The summed E-state index contributed by atoms with van der Waals surface area (Å²) in [5, 5.41) is 12.6. The first-order chi connectivity index (χ1) is 19.1. The van der Waals surface area contributed by atoms with Crippen molar-refractivity contribution in [1.29, 1.82) is 5.26 Å². The van der Waals surface area contributed by atoms with Gasteiger partial charge in [-0.1, -0.05) is 35.9 Å². The number of allylic oxidation sites excluding steroid dienone is 6. The van der Waals surface area contributed by atoms with E-state index in [0.717, 1.165) is 50.0 Å². The third-order valence-corrected chi connectivity index (χ3v) is 6.63. The van der Waals surface area contributed by atoms with E-state index in [1.54, 1.807) is 31.5 Å². The first kappa shape index (κ1) is 27.8. The van der Waals surface area contributed by atoms with Crippen LogP contribution in [0.5, 0.6) is 5.75 Å². The molecule has 0 bridgehead atoms. The van der Waals surface area contributed by atoms with Gasteiger partial charge in [0.15, 0.2) is 11.6 Å². The molecule has 1 aromatic rings. The molecule has 2 aliphatic heterocycles. The summed E-state index contributed by atoms with van der Waals surface area (Å²) in [7, 11) is 1.75. The van der Waals surface area contributed by atoms with Crippen molar-refractivity contribution in [3.8, 4) is 11.8 Å². The molecule has 8 heteroatoms. The molecule has 0 radical (unpaired) electrons. The fraction of sp³-hybridized carbons (Fsp3) is 0.323. The van der Waals surface area contributed by atoms with Gasteiger partial charge >= 0.3 is 0 Å². The van der Waals surface area contributed by atoms with Crippen molar-refractivity contribution in [3.05, 3.63) is 101 Å². The van der Waals surface area contributed by atoms with Gasteiger partial charge in [0.25, 0.3) is 0 Å². The van der Waals surface area contributed by atoms with Crippen LogP contribution in [-0.2, 0) is 9.53 Å². The quantitative estimate of drug-likeness (QED) is 0.254. The number of halogens is 1. The van der Waals surface area contributed by atoms with Crippen LogP contribution in [0, 0.1) is 17.1 Å². The van der Waals surface area contributed by atoms with E-state index in [-0.39, 0.29) is 23.4 Å². The van der Waals surface area contributed by atoms with Crippen LogP contribution < -0.4 is 10.1 Å². The Labute approximate surface area is 229 Å². The highest BCUT2D eigenvalue weighted by Gasteiger charge is 2.22. The smallest absolute Gasteiger partial charge is 0.247 e. The minimum absolute atomic E-state index is 0.0218. The fourth-order valence-electron chi connectivity index (χ4n) is 4.58. The highest BCUT2D eigenvalue weighted by Crippen LogP contribution is 2.26. The number of nitriles is 1. The van der Waals surface area contributed by atoms with Gasteiger partial charge in [-0.05, 0) is 67.5 Å². The zero-order chi connectivity index (χ0) is 27.5. The molecule has 0 saturated carbocycles. The van der Waals surface area contributed by atoms with Crippen molar-refractivity contribution >= 4 is 12.1 Å². The van der Waals surface area contributed by atoms with E-state index in [9.17, 15) is 9.18 Å². The highest BCUT2D eigenvalue weighted by molar-refractivity contribution is 5.92. The van der Waals surface area contributed by atoms with Crippen molar-refractivity contribution in [2.24, 2.45) is 4.99 Å². The van der Waals surface area contributed by atoms with E-state index in [0.29, 0.717) is 13.1 Å². The van der Waals surface area contributed by atoms with Gasteiger partial charge in [0.05, 0.1) is 11.8 Å².